The molecular formula is C20H23BN6OS. The van der Waals surface area contributed by atoms with Gasteiger partial charge in [0.1, 0.15) is 19.3 Å². The van der Waals surface area contributed by atoms with E-state index in [2.05, 4.69) is 21.5 Å². The zero-order chi connectivity index (χ0) is 20.2. The Balaban J connectivity index is 1.54. The van der Waals surface area contributed by atoms with Gasteiger partial charge in [0.05, 0.1) is 5.75 Å². The van der Waals surface area contributed by atoms with Crippen LogP contribution in [-0.2, 0) is 11.3 Å². The second-order valence-electron chi connectivity index (χ2n) is 7.20. The second-order valence-corrected chi connectivity index (χ2v) is 8.07. The van der Waals surface area contributed by atoms with Crippen LogP contribution >= 0.6 is 11.8 Å². The van der Waals surface area contributed by atoms with Gasteiger partial charge in [0.25, 0.3) is 0 Å². The molecule has 4 heterocycles. The van der Waals surface area contributed by atoms with E-state index in [0.717, 1.165) is 43.0 Å². The molecule has 0 aromatic carbocycles. The quantitative estimate of drug-likeness (QED) is 0.627. The molecule has 148 valence electrons. The van der Waals surface area contributed by atoms with Gasteiger partial charge in [0, 0.05) is 55.9 Å². The molecule has 0 aliphatic carbocycles. The lowest BCUT2D eigenvalue weighted by molar-refractivity contribution is -0.129. The van der Waals surface area contributed by atoms with Gasteiger partial charge in [-0.3, -0.25) is 9.78 Å². The van der Waals surface area contributed by atoms with Crippen molar-refractivity contribution in [1.82, 2.24) is 24.5 Å². The van der Waals surface area contributed by atoms with Crippen LogP contribution in [0.2, 0.25) is 0 Å². The molecule has 7 nitrogen and oxygen atoms in total. The Labute approximate surface area is 175 Å². The van der Waals surface area contributed by atoms with E-state index in [9.17, 15) is 4.79 Å². The Morgan fingerprint density at radius 3 is 2.90 bits per heavy atom. The minimum atomic E-state index is 0.221. The van der Waals surface area contributed by atoms with E-state index in [-0.39, 0.29) is 5.91 Å². The third kappa shape index (κ3) is 4.39. The van der Waals surface area contributed by atoms with Gasteiger partial charge in [-0.25, -0.2) is 4.98 Å². The fourth-order valence-electron chi connectivity index (χ4n) is 3.67. The van der Waals surface area contributed by atoms with Crippen molar-refractivity contribution in [3.05, 3.63) is 48.0 Å². The first kappa shape index (κ1) is 19.8. The molecule has 4 rings (SSSR count). The number of nitrogens with one attached hydrogen (secondary N) is 1. The summed E-state index contributed by atoms with van der Waals surface area (Å²) in [6.45, 7) is 2.17. The first-order chi connectivity index (χ1) is 14.2. The van der Waals surface area contributed by atoms with Gasteiger partial charge < -0.3 is 10.2 Å². The molecule has 0 unspecified atom stereocenters. The maximum Gasteiger partial charge on any atom is 0.232 e. The number of nitrogens with zero attached hydrogens (tertiary/aromatic N) is 5. The third-order valence-corrected chi connectivity index (χ3v) is 5.78. The smallest absolute Gasteiger partial charge is 0.232 e. The minimum absolute atomic E-state index is 0.221. The number of piperidine rings is 1. The Bertz CT molecular complexity index is 987. The van der Waals surface area contributed by atoms with Crippen molar-refractivity contribution in [3.63, 3.8) is 0 Å². The monoisotopic (exact) mass is 406 g/mol. The lowest BCUT2D eigenvalue weighted by Gasteiger charge is -2.32. The highest BCUT2D eigenvalue weighted by atomic mass is 32.2. The number of carbonyl (C=O) groups excluding carboxylic acids is 1. The molecule has 9 heteroatoms. The van der Waals surface area contributed by atoms with Gasteiger partial charge in [-0.15, -0.1) is 0 Å². The van der Waals surface area contributed by atoms with Crippen molar-refractivity contribution in [2.75, 3.05) is 30.4 Å². The molecule has 0 atom stereocenters. The van der Waals surface area contributed by atoms with Crippen molar-refractivity contribution in [2.45, 2.75) is 25.3 Å². The highest BCUT2D eigenvalue weighted by molar-refractivity contribution is 7.99. The van der Waals surface area contributed by atoms with Crippen LogP contribution in [0, 0.1) is 0 Å². The first-order valence-electron chi connectivity index (χ1n) is 9.69. The Morgan fingerprint density at radius 2 is 2.17 bits per heavy atom. The fourth-order valence-corrected chi connectivity index (χ4v) is 4.10. The predicted octanol–water partition coefficient (Wildman–Crippen LogP) is 1.60. The van der Waals surface area contributed by atoms with Crippen molar-refractivity contribution in [2.24, 2.45) is 0 Å². The van der Waals surface area contributed by atoms with Gasteiger partial charge >= 0.3 is 0 Å². The number of aromatic nitrogens is 4. The van der Waals surface area contributed by atoms with Crippen molar-refractivity contribution < 1.29 is 4.79 Å². The van der Waals surface area contributed by atoms with Crippen LogP contribution in [0.15, 0.2) is 36.8 Å². The van der Waals surface area contributed by atoms with Crippen LogP contribution in [-0.4, -0.2) is 63.3 Å². The standard InChI is InChI=1S/C20H23BN6OS/c1-29-13-19(28)26-7-4-15(5-8-26)17-9-18(23-11-14-3-2-6-22-10-14)27-20(25-17)16(21)12-24-27/h2-3,6,9-10,12,15,23H,4-5,7-8,11,13H2,1H3. The van der Waals surface area contributed by atoms with Crippen LogP contribution < -0.4 is 10.8 Å². The molecule has 29 heavy (non-hydrogen) atoms. The van der Waals surface area contributed by atoms with Crippen LogP contribution in [0.5, 0.6) is 0 Å². The second kappa shape index (κ2) is 8.86. The number of likely N-dealkylation sites (tertiary alicyclic amines) is 1. The Kier molecular flexibility index (Phi) is 6.04. The Hall–Kier alpha value is -2.55. The van der Waals surface area contributed by atoms with Crippen molar-refractivity contribution in [3.8, 4) is 0 Å². The summed E-state index contributed by atoms with van der Waals surface area (Å²) in [6.07, 6.45) is 8.99. The summed E-state index contributed by atoms with van der Waals surface area (Å²) in [6, 6.07) is 6.00. The normalized spacial score (nSPS) is 15.0. The van der Waals surface area contributed by atoms with E-state index < -0.39 is 0 Å². The van der Waals surface area contributed by atoms with Gasteiger partial charge in [-0.2, -0.15) is 21.4 Å². The van der Waals surface area contributed by atoms with E-state index in [1.807, 2.05) is 29.5 Å². The lowest BCUT2D eigenvalue weighted by atomic mass is 9.92. The minimum Gasteiger partial charge on any atom is -0.366 e. The van der Waals surface area contributed by atoms with Crippen LogP contribution in [0.3, 0.4) is 0 Å². The number of carbonyl (C=O) groups is 1. The summed E-state index contributed by atoms with van der Waals surface area (Å²) in [5, 5.41) is 7.81. The maximum absolute atomic E-state index is 12.1. The van der Waals surface area contributed by atoms with Gasteiger partial charge in [0.2, 0.25) is 5.91 Å². The summed E-state index contributed by atoms with van der Waals surface area (Å²) in [5.74, 6) is 1.92. The SMILES string of the molecule is [B]c1cnn2c(NCc3cccnc3)cc(C3CCN(C(=O)CSC)CC3)nc12. The third-order valence-electron chi connectivity index (χ3n) is 5.25. The summed E-state index contributed by atoms with van der Waals surface area (Å²) < 4.78 is 1.74. The van der Waals surface area contributed by atoms with Crippen molar-refractivity contribution >= 4 is 42.4 Å². The molecule has 1 amide bonds. The largest absolute Gasteiger partial charge is 0.366 e. The Morgan fingerprint density at radius 1 is 1.34 bits per heavy atom. The summed E-state index contributed by atoms with van der Waals surface area (Å²) in [7, 11) is 6.11. The summed E-state index contributed by atoms with van der Waals surface area (Å²) in [5.41, 5.74) is 3.30. The molecular weight excluding hydrogens is 383 g/mol. The number of anilines is 1. The number of fused-ring (bicyclic) bond motifs is 1. The molecule has 0 bridgehead atoms. The maximum atomic E-state index is 12.1. The molecule has 0 saturated carbocycles. The first-order valence-corrected chi connectivity index (χ1v) is 11.1. The summed E-state index contributed by atoms with van der Waals surface area (Å²) in [4.78, 5) is 23.1. The fraction of sp³-hybridized carbons (Fsp3) is 0.400. The van der Waals surface area contributed by atoms with Crippen LogP contribution in [0.1, 0.15) is 30.0 Å². The molecule has 3 aromatic rings. The number of rotatable bonds is 6. The molecule has 1 aliphatic rings. The van der Waals surface area contributed by atoms with E-state index in [0.29, 0.717) is 29.3 Å². The average molecular weight is 406 g/mol. The highest BCUT2D eigenvalue weighted by Crippen LogP contribution is 2.29. The molecule has 1 aliphatic heterocycles. The number of hydrogen-bond donors (Lipinski definition) is 1. The van der Waals surface area contributed by atoms with E-state index >= 15 is 0 Å². The zero-order valence-corrected chi connectivity index (χ0v) is 17.2. The van der Waals surface area contributed by atoms with Crippen LogP contribution in [0.25, 0.3) is 5.65 Å². The molecule has 3 aromatic heterocycles. The molecule has 1 saturated heterocycles. The van der Waals surface area contributed by atoms with Gasteiger partial charge in [-0.05, 0) is 36.2 Å². The molecule has 1 N–H and O–H groups in total. The number of hydrogen-bond acceptors (Lipinski definition) is 6. The van der Waals surface area contributed by atoms with E-state index in [1.165, 1.54) is 0 Å². The van der Waals surface area contributed by atoms with Gasteiger partial charge in [0.15, 0.2) is 0 Å². The number of thioether (sulfide) groups is 1. The average Bonchev–Trinajstić information content (AvgIpc) is 3.14. The molecule has 0 spiro atoms. The van der Waals surface area contributed by atoms with E-state index in [4.69, 9.17) is 12.8 Å². The van der Waals surface area contributed by atoms with E-state index in [1.54, 1.807) is 28.7 Å². The lowest BCUT2D eigenvalue weighted by Crippen LogP contribution is -2.39. The molecule has 1 fully saturated rings. The molecule has 2 radical (unpaired) electrons. The zero-order valence-electron chi connectivity index (χ0n) is 16.4. The highest BCUT2D eigenvalue weighted by Gasteiger charge is 2.25. The van der Waals surface area contributed by atoms with Crippen molar-refractivity contribution in [1.29, 1.82) is 0 Å². The number of amides is 1. The summed E-state index contributed by atoms with van der Waals surface area (Å²) >= 11 is 1.57. The predicted molar refractivity (Wildman–Crippen MR) is 117 cm³/mol. The van der Waals surface area contributed by atoms with Crippen LogP contribution in [0.4, 0.5) is 5.82 Å². The topological polar surface area (TPSA) is 75.4 Å². The van der Waals surface area contributed by atoms with Gasteiger partial charge in [-0.1, -0.05) is 6.07 Å². The number of pyridine rings is 1.